The van der Waals surface area contributed by atoms with Gasteiger partial charge in [-0.3, -0.25) is 15.2 Å². The lowest BCUT2D eigenvalue weighted by molar-refractivity contribution is 0.252. The highest BCUT2D eigenvalue weighted by atomic mass is 16.2. The summed E-state index contributed by atoms with van der Waals surface area (Å²) in [5.41, 5.74) is 3.68. The van der Waals surface area contributed by atoms with Gasteiger partial charge in [0.05, 0.1) is 17.4 Å². The minimum absolute atomic E-state index is 0.0805. The molecule has 3 aromatic rings. The maximum atomic E-state index is 13.2. The fourth-order valence-electron chi connectivity index (χ4n) is 4.00. The molecule has 2 amide bonds. The van der Waals surface area contributed by atoms with E-state index in [0.29, 0.717) is 11.6 Å². The minimum Gasteiger partial charge on any atom is -0.366 e. The Labute approximate surface area is 168 Å². The number of aromatic nitrogens is 4. The summed E-state index contributed by atoms with van der Waals surface area (Å²) in [6.07, 6.45) is 6.84. The van der Waals surface area contributed by atoms with E-state index in [4.69, 9.17) is 4.98 Å². The van der Waals surface area contributed by atoms with Crippen molar-refractivity contribution >= 4 is 23.4 Å². The van der Waals surface area contributed by atoms with Crippen LogP contribution in [0.25, 0.3) is 11.3 Å². The molecule has 0 saturated carbocycles. The number of amides is 2. The molecule has 1 atom stereocenters. The molecule has 2 bridgehead atoms. The number of urea groups is 1. The first-order chi connectivity index (χ1) is 14.2. The number of aryl methyl sites for hydroxylation is 1. The Kier molecular flexibility index (Phi) is 4.31. The van der Waals surface area contributed by atoms with Crippen LogP contribution in [0.4, 0.5) is 22.1 Å². The molecule has 1 fully saturated rings. The van der Waals surface area contributed by atoms with E-state index in [1.807, 2.05) is 31.3 Å². The summed E-state index contributed by atoms with van der Waals surface area (Å²) in [5.74, 6) is 1.16. The van der Waals surface area contributed by atoms with E-state index in [2.05, 4.69) is 31.2 Å². The third-order valence-electron chi connectivity index (χ3n) is 5.43. The van der Waals surface area contributed by atoms with Crippen LogP contribution < -0.4 is 15.1 Å². The first-order valence-corrected chi connectivity index (χ1v) is 9.74. The lowest BCUT2D eigenvalue weighted by Gasteiger charge is -2.45. The molecule has 0 radical (unpaired) electrons. The van der Waals surface area contributed by atoms with E-state index in [9.17, 15) is 4.79 Å². The molecule has 5 rings (SSSR count). The van der Waals surface area contributed by atoms with Crippen LogP contribution >= 0.6 is 0 Å². The number of carbonyl (C=O) groups is 1. The van der Waals surface area contributed by atoms with Gasteiger partial charge in [0, 0.05) is 36.7 Å². The van der Waals surface area contributed by atoms with Crippen molar-refractivity contribution in [2.24, 2.45) is 0 Å². The second-order valence-electron chi connectivity index (χ2n) is 7.36. The molecule has 5 heterocycles. The Balaban J connectivity index is 1.55. The van der Waals surface area contributed by atoms with Crippen LogP contribution in [0.3, 0.4) is 0 Å². The Bertz CT molecular complexity index is 1040. The van der Waals surface area contributed by atoms with Crippen LogP contribution in [0.5, 0.6) is 0 Å². The lowest BCUT2D eigenvalue weighted by Crippen LogP contribution is -2.56. The van der Waals surface area contributed by atoms with Crippen molar-refractivity contribution in [3.8, 4) is 11.3 Å². The molecule has 2 aliphatic rings. The molecular formula is C21H21N7O. The molecule has 0 spiro atoms. The van der Waals surface area contributed by atoms with Crippen LogP contribution in [0.15, 0.2) is 49.1 Å². The number of nitrogens with zero attached hydrogens (tertiary/aromatic N) is 6. The number of fused-ring (bicyclic) bond motifs is 4. The topological polar surface area (TPSA) is 87.1 Å². The van der Waals surface area contributed by atoms with Crippen molar-refractivity contribution < 1.29 is 4.79 Å². The fraction of sp³-hybridized carbons (Fsp3) is 0.286. The standard InChI is InChI=1S/C21H21N7O/c1-14-4-5-15(11-23-14)17-6-7-18-20(25-17)28(16-3-2-10-27(18)12-16)21(29)26-19-8-9-22-13-24-19/h4-9,11,13,16H,2-3,10,12H2,1H3,(H,22,24,26,29)/t16-/m0/s1. The van der Waals surface area contributed by atoms with Crippen molar-refractivity contribution in [3.05, 3.63) is 54.7 Å². The normalized spacial score (nSPS) is 17.6. The van der Waals surface area contributed by atoms with Gasteiger partial charge in [-0.15, -0.1) is 0 Å². The molecule has 2 aliphatic heterocycles. The second kappa shape index (κ2) is 7.12. The van der Waals surface area contributed by atoms with Gasteiger partial charge in [0.15, 0.2) is 5.82 Å². The first kappa shape index (κ1) is 17.5. The quantitative estimate of drug-likeness (QED) is 0.726. The van der Waals surface area contributed by atoms with Crippen molar-refractivity contribution in [1.29, 1.82) is 0 Å². The average molecular weight is 387 g/mol. The van der Waals surface area contributed by atoms with Gasteiger partial charge in [0.1, 0.15) is 12.1 Å². The first-order valence-electron chi connectivity index (χ1n) is 9.74. The van der Waals surface area contributed by atoms with E-state index < -0.39 is 0 Å². The largest absolute Gasteiger partial charge is 0.366 e. The minimum atomic E-state index is -0.219. The zero-order valence-corrected chi connectivity index (χ0v) is 16.1. The van der Waals surface area contributed by atoms with Gasteiger partial charge in [-0.2, -0.15) is 0 Å². The van der Waals surface area contributed by atoms with Gasteiger partial charge < -0.3 is 4.90 Å². The zero-order valence-electron chi connectivity index (χ0n) is 16.1. The number of piperidine rings is 1. The summed E-state index contributed by atoms with van der Waals surface area (Å²) in [4.78, 5) is 34.6. The van der Waals surface area contributed by atoms with E-state index >= 15 is 0 Å². The highest BCUT2D eigenvalue weighted by molar-refractivity contribution is 6.04. The average Bonchev–Trinajstić information content (AvgIpc) is 2.75. The Morgan fingerprint density at radius 1 is 1.17 bits per heavy atom. The van der Waals surface area contributed by atoms with E-state index in [0.717, 1.165) is 48.6 Å². The summed E-state index contributed by atoms with van der Waals surface area (Å²) in [7, 11) is 0. The summed E-state index contributed by atoms with van der Waals surface area (Å²) in [6, 6.07) is 9.57. The highest BCUT2D eigenvalue weighted by Gasteiger charge is 2.38. The van der Waals surface area contributed by atoms with Gasteiger partial charge >= 0.3 is 6.03 Å². The zero-order chi connectivity index (χ0) is 19.8. The van der Waals surface area contributed by atoms with Gasteiger partial charge in [-0.1, -0.05) is 0 Å². The Morgan fingerprint density at radius 3 is 2.90 bits per heavy atom. The van der Waals surface area contributed by atoms with Gasteiger partial charge in [0.25, 0.3) is 0 Å². The monoisotopic (exact) mass is 387 g/mol. The van der Waals surface area contributed by atoms with Crippen LogP contribution in [-0.2, 0) is 0 Å². The van der Waals surface area contributed by atoms with Gasteiger partial charge in [0.2, 0.25) is 0 Å². The van der Waals surface area contributed by atoms with Crippen molar-refractivity contribution in [2.45, 2.75) is 25.8 Å². The van der Waals surface area contributed by atoms with Crippen molar-refractivity contribution in [2.75, 3.05) is 28.2 Å². The lowest BCUT2D eigenvalue weighted by atomic mass is 9.99. The Hall–Kier alpha value is -3.55. The molecular weight excluding hydrogens is 366 g/mol. The molecule has 0 aliphatic carbocycles. The molecule has 1 saturated heterocycles. The molecule has 8 nitrogen and oxygen atoms in total. The SMILES string of the molecule is Cc1ccc(-c2ccc3c(n2)N(C(=O)Nc2ccncn2)[C@H]2CCCN3C2)cn1. The third-order valence-corrected chi connectivity index (χ3v) is 5.43. The van der Waals surface area contributed by atoms with Crippen LogP contribution in [0.1, 0.15) is 18.5 Å². The number of pyridine rings is 2. The summed E-state index contributed by atoms with van der Waals surface area (Å²) < 4.78 is 0. The molecule has 3 aromatic heterocycles. The number of rotatable bonds is 2. The third kappa shape index (κ3) is 3.26. The fourth-order valence-corrected chi connectivity index (χ4v) is 4.00. The molecule has 8 heteroatoms. The molecule has 0 unspecified atom stereocenters. The number of hydrogen-bond donors (Lipinski definition) is 1. The maximum absolute atomic E-state index is 13.2. The van der Waals surface area contributed by atoms with Gasteiger partial charge in [-0.25, -0.2) is 19.7 Å². The smallest absolute Gasteiger partial charge is 0.329 e. The summed E-state index contributed by atoms with van der Waals surface area (Å²) in [5, 5.41) is 2.89. The molecule has 0 aromatic carbocycles. The summed E-state index contributed by atoms with van der Waals surface area (Å²) >= 11 is 0. The number of anilines is 3. The number of hydrogen-bond acceptors (Lipinski definition) is 6. The predicted octanol–water partition coefficient (Wildman–Crippen LogP) is 3.26. The summed E-state index contributed by atoms with van der Waals surface area (Å²) in [6.45, 7) is 3.76. The van der Waals surface area contributed by atoms with Crippen LogP contribution in [-0.4, -0.2) is 45.1 Å². The van der Waals surface area contributed by atoms with E-state index in [1.165, 1.54) is 6.33 Å². The van der Waals surface area contributed by atoms with E-state index in [-0.39, 0.29) is 12.1 Å². The molecule has 29 heavy (non-hydrogen) atoms. The second-order valence-corrected chi connectivity index (χ2v) is 7.36. The predicted molar refractivity (Wildman–Crippen MR) is 111 cm³/mol. The number of carbonyl (C=O) groups excluding carboxylic acids is 1. The number of nitrogens with one attached hydrogen (secondary N) is 1. The Morgan fingerprint density at radius 2 is 2.10 bits per heavy atom. The van der Waals surface area contributed by atoms with Crippen molar-refractivity contribution in [1.82, 2.24) is 19.9 Å². The molecule has 146 valence electrons. The molecule has 1 N–H and O–H groups in total. The maximum Gasteiger partial charge on any atom is 0.329 e. The van der Waals surface area contributed by atoms with Crippen LogP contribution in [0.2, 0.25) is 0 Å². The van der Waals surface area contributed by atoms with E-state index in [1.54, 1.807) is 17.2 Å². The van der Waals surface area contributed by atoms with Crippen molar-refractivity contribution in [3.63, 3.8) is 0 Å². The van der Waals surface area contributed by atoms with Crippen LogP contribution in [0, 0.1) is 6.92 Å². The highest BCUT2D eigenvalue weighted by Crippen LogP contribution is 2.39. The van der Waals surface area contributed by atoms with Gasteiger partial charge in [-0.05, 0) is 50.1 Å².